The maximum atomic E-state index is 5.16. The Labute approximate surface area is 349 Å². The van der Waals surface area contributed by atoms with Gasteiger partial charge in [0, 0.05) is 33.4 Å². The van der Waals surface area contributed by atoms with Crippen LogP contribution in [0.15, 0.2) is 224 Å². The molecule has 2 aromatic heterocycles. The van der Waals surface area contributed by atoms with Gasteiger partial charge in [0.2, 0.25) is 0 Å². The van der Waals surface area contributed by atoms with Gasteiger partial charge in [0.05, 0.1) is 11.4 Å². The molecule has 8 aromatic carbocycles. The third-order valence-corrected chi connectivity index (χ3v) is 10.6. The fraction of sp³-hybridized carbons (Fsp3) is 0. The van der Waals surface area contributed by atoms with E-state index in [0.717, 1.165) is 61.5 Å². The third kappa shape index (κ3) is 7.63. The molecular formula is C55H37N5. The Morgan fingerprint density at radius 2 is 0.500 bits per heavy atom. The SMILES string of the molecule is c1ccc(-c2nc(-c3cccc(-c4ccc(-c5nc(-c6ccccc6)nc(-c6ccccc6)n5)cc4)c3)cc(-c3cccc(-c4ccccc4-c4ccccc4)c3)n2)cc1. The summed E-state index contributed by atoms with van der Waals surface area (Å²) >= 11 is 0. The van der Waals surface area contributed by atoms with E-state index in [4.69, 9.17) is 24.9 Å². The van der Waals surface area contributed by atoms with Crippen molar-refractivity contribution in [2.45, 2.75) is 0 Å². The molecule has 0 fully saturated rings. The molecule has 0 N–H and O–H groups in total. The summed E-state index contributed by atoms with van der Waals surface area (Å²) in [4.78, 5) is 25.0. The van der Waals surface area contributed by atoms with Crippen LogP contribution in [0.25, 0.3) is 101 Å². The van der Waals surface area contributed by atoms with Crippen molar-refractivity contribution < 1.29 is 0 Å². The predicted octanol–water partition coefficient (Wildman–Crippen LogP) is 13.7. The van der Waals surface area contributed by atoms with Gasteiger partial charge in [-0.25, -0.2) is 24.9 Å². The van der Waals surface area contributed by atoms with E-state index in [2.05, 4.69) is 146 Å². The molecule has 0 unspecified atom stereocenters. The van der Waals surface area contributed by atoms with Crippen LogP contribution in [0.4, 0.5) is 0 Å². The quantitative estimate of drug-likeness (QED) is 0.146. The van der Waals surface area contributed by atoms with Gasteiger partial charge in [0.1, 0.15) is 0 Å². The topological polar surface area (TPSA) is 64.5 Å². The van der Waals surface area contributed by atoms with Gasteiger partial charge in [0.15, 0.2) is 23.3 Å². The zero-order chi connectivity index (χ0) is 40.1. The van der Waals surface area contributed by atoms with Crippen molar-refractivity contribution in [2.24, 2.45) is 0 Å². The van der Waals surface area contributed by atoms with E-state index in [1.807, 2.05) is 78.9 Å². The van der Waals surface area contributed by atoms with Crippen LogP contribution < -0.4 is 0 Å². The number of nitrogens with zero attached hydrogens (tertiary/aromatic N) is 5. The molecule has 0 aliphatic rings. The Balaban J connectivity index is 1.01. The number of hydrogen-bond acceptors (Lipinski definition) is 5. The molecular weight excluding hydrogens is 731 g/mol. The van der Waals surface area contributed by atoms with Gasteiger partial charge < -0.3 is 0 Å². The summed E-state index contributed by atoms with van der Waals surface area (Å²) < 4.78 is 0. The van der Waals surface area contributed by atoms with Crippen LogP contribution >= 0.6 is 0 Å². The fourth-order valence-corrected chi connectivity index (χ4v) is 7.52. The fourth-order valence-electron chi connectivity index (χ4n) is 7.52. The van der Waals surface area contributed by atoms with Crippen LogP contribution in [-0.4, -0.2) is 24.9 Å². The molecule has 5 heteroatoms. The minimum atomic E-state index is 0.623. The van der Waals surface area contributed by atoms with E-state index in [1.165, 1.54) is 16.7 Å². The van der Waals surface area contributed by atoms with Crippen molar-refractivity contribution >= 4 is 0 Å². The molecule has 0 saturated carbocycles. The van der Waals surface area contributed by atoms with E-state index in [-0.39, 0.29) is 0 Å². The Morgan fingerprint density at radius 1 is 0.183 bits per heavy atom. The number of benzene rings is 8. The highest BCUT2D eigenvalue weighted by Gasteiger charge is 2.15. The van der Waals surface area contributed by atoms with Crippen LogP contribution in [0, 0.1) is 0 Å². The zero-order valence-electron chi connectivity index (χ0n) is 32.6. The molecule has 0 spiro atoms. The van der Waals surface area contributed by atoms with E-state index < -0.39 is 0 Å². The Hall–Kier alpha value is -8.15. The van der Waals surface area contributed by atoms with Crippen molar-refractivity contribution in [1.82, 2.24) is 24.9 Å². The molecule has 60 heavy (non-hydrogen) atoms. The van der Waals surface area contributed by atoms with Gasteiger partial charge in [-0.15, -0.1) is 0 Å². The summed E-state index contributed by atoms with van der Waals surface area (Å²) in [6.07, 6.45) is 0. The molecule has 0 amide bonds. The lowest BCUT2D eigenvalue weighted by molar-refractivity contribution is 1.07. The maximum absolute atomic E-state index is 5.16. The van der Waals surface area contributed by atoms with E-state index in [0.29, 0.717) is 23.3 Å². The zero-order valence-corrected chi connectivity index (χ0v) is 32.6. The van der Waals surface area contributed by atoms with Crippen LogP contribution in [0.1, 0.15) is 0 Å². The van der Waals surface area contributed by atoms with Crippen molar-refractivity contribution in [3.05, 3.63) is 224 Å². The summed E-state index contributed by atoms with van der Waals surface area (Å²) in [6.45, 7) is 0. The Kier molecular flexibility index (Phi) is 9.88. The second-order valence-electron chi connectivity index (χ2n) is 14.5. The molecule has 10 rings (SSSR count). The van der Waals surface area contributed by atoms with Gasteiger partial charge in [-0.3, -0.25) is 0 Å². The third-order valence-electron chi connectivity index (χ3n) is 10.6. The Bertz CT molecular complexity index is 3000. The van der Waals surface area contributed by atoms with Crippen LogP contribution in [0.2, 0.25) is 0 Å². The number of aromatic nitrogens is 5. The van der Waals surface area contributed by atoms with Crippen molar-refractivity contribution in [2.75, 3.05) is 0 Å². The standard InChI is InChI=1S/C55H37N5/c1-5-17-39(18-6-1)48-29-13-14-30-49(48)45-26-16-28-47(36-45)51-37-50(56-52(57-51)40-19-7-2-8-20-40)46-27-15-25-44(35-46)38-31-33-43(34-32-38)55-59-53(41-21-9-3-10-22-41)58-54(60-55)42-23-11-4-12-24-42/h1-37H. The van der Waals surface area contributed by atoms with Crippen molar-refractivity contribution in [3.63, 3.8) is 0 Å². The molecule has 5 nitrogen and oxygen atoms in total. The average molecular weight is 768 g/mol. The van der Waals surface area contributed by atoms with Gasteiger partial charge in [-0.05, 0) is 51.6 Å². The number of rotatable bonds is 9. The molecule has 0 aliphatic heterocycles. The van der Waals surface area contributed by atoms with E-state index in [1.54, 1.807) is 0 Å². The highest BCUT2D eigenvalue weighted by molar-refractivity contribution is 5.86. The first-order valence-corrected chi connectivity index (χ1v) is 20.0. The molecule has 0 saturated heterocycles. The summed E-state index contributed by atoms with van der Waals surface area (Å²) in [5.74, 6) is 2.57. The van der Waals surface area contributed by atoms with Crippen LogP contribution in [0.5, 0.6) is 0 Å². The predicted molar refractivity (Wildman–Crippen MR) is 244 cm³/mol. The highest BCUT2D eigenvalue weighted by atomic mass is 15.0. The van der Waals surface area contributed by atoms with Gasteiger partial charge in [-0.1, -0.05) is 206 Å². The summed E-state index contributed by atoms with van der Waals surface area (Å²) in [5.41, 5.74) is 14.3. The lowest BCUT2D eigenvalue weighted by Gasteiger charge is -2.13. The number of hydrogen-bond donors (Lipinski definition) is 0. The second-order valence-corrected chi connectivity index (χ2v) is 14.5. The second kappa shape index (κ2) is 16.4. The molecule has 0 radical (unpaired) electrons. The first-order chi connectivity index (χ1) is 29.7. The van der Waals surface area contributed by atoms with E-state index >= 15 is 0 Å². The molecule has 0 aliphatic carbocycles. The molecule has 2 heterocycles. The first-order valence-electron chi connectivity index (χ1n) is 20.0. The van der Waals surface area contributed by atoms with Gasteiger partial charge >= 0.3 is 0 Å². The first kappa shape index (κ1) is 36.2. The van der Waals surface area contributed by atoms with Crippen LogP contribution in [-0.2, 0) is 0 Å². The summed E-state index contributed by atoms with van der Waals surface area (Å²) in [6, 6.07) is 77.1. The molecule has 10 aromatic rings. The van der Waals surface area contributed by atoms with Crippen molar-refractivity contribution in [3.8, 4) is 101 Å². The van der Waals surface area contributed by atoms with Crippen molar-refractivity contribution in [1.29, 1.82) is 0 Å². The summed E-state index contributed by atoms with van der Waals surface area (Å²) in [5, 5.41) is 0. The lowest BCUT2D eigenvalue weighted by atomic mass is 9.93. The monoisotopic (exact) mass is 767 g/mol. The maximum Gasteiger partial charge on any atom is 0.164 e. The molecule has 282 valence electrons. The smallest absolute Gasteiger partial charge is 0.164 e. The minimum Gasteiger partial charge on any atom is -0.228 e. The largest absolute Gasteiger partial charge is 0.228 e. The minimum absolute atomic E-state index is 0.623. The van der Waals surface area contributed by atoms with E-state index in [9.17, 15) is 0 Å². The summed E-state index contributed by atoms with van der Waals surface area (Å²) in [7, 11) is 0. The normalized spacial score (nSPS) is 11.0. The lowest BCUT2D eigenvalue weighted by Crippen LogP contribution is -2.00. The highest BCUT2D eigenvalue weighted by Crippen LogP contribution is 2.36. The average Bonchev–Trinajstić information content (AvgIpc) is 3.35. The molecule has 0 bridgehead atoms. The van der Waals surface area contributed by atoms with Crippen LogP contribution in [0.3, 0.4) is 0 Å². The van der Waals surface area contributed by atoms with Gasteiger partial charge in [0.25, 0.3) is 0 Å². The Morgan fingerprint density at radius 3 is 0.983 bits per heavy atom. The molecule has 0 atom stereocenters. The van der Waals surface area contributed by atoms with Gasteiger partial charge in [-0.2, -0.15) is 0 Å².